The van der Waals surface area contributed by atoms with Crippen molar-refractivity contribution in [1.82, 2.24) is 4.90 Å². The highest BCUT2D eigenvalue weighted by Gasteiger charge is 2.23. The average molecular weight is 311 g/mol. The molecule has 1 unspecified atom stereocenters. The molecule has 0 aliphatic carbocycles. The molecule has 0 amide bonds. The monoisotopic (exact) mass is 311 g/mol. The van der Waals surface area contributed by atoms with E-state index in [1.165, 1.54) is 31.2 Å². The first kappa shape index (κ1) is 17.6. The zero-order chi connectivity index (χ0) is 16.5. The number of phenols is 1. The number of unbranched alkanes of at least 4 members (excludes halogenated alkanes) is 2. The van der Waals surface area contributed by atoms with E-state index in [2.05, 4.69) is 49.1 Å². The van der Waals surface area contributed by atoms with Crippen LogP contribution in [-0.2, 0) is 0 Å². The summed E-state index contributed by atoms with van der Waals surface area (Å²) in [5, 5.41) is 10.4. The highest BCUT2D eigenvalue weighted by molar-refractivity contribution is 5.40. The summed E-state index contributed by atoms with van der Waals surface area (Å²) in [5.41, 5.74) is 2.26. The van der Waals surface area contributed by atoms with Crippen molar-refractivity contribution in [1.29, 1.82) is 0 Å². The SMILES string of the molecule is CCCCN(CCCC)C(c1ccccc1)c1ccccc1O. The summed E-state index contributed by atoms with van der Waals surface area (Å²) < 4.78 is 0. The highest BCUT2D eigenvalue weighted by atomic mass is 16.3. The molecule has 1 N–H and O–H groups in total. The maximum absolute atomic E-state index is 10.4. The van der Waals surface area contributed by atoms with Crippen molar-refractivity contribution in [2.45, 2.75) is 45.6 Å². The van der Waals surface area contributed by atoms with Gasteiger partial charge in [0.1, 0.15) is 5.75 Å². The molecule has 1 atom stereocenters. The lowest BCUT2D eigenvalue weighted by molar-refractivity contribution is 0.215. The maximum Gasteiger partial charge on any atom is 0.120 e. The molecule has 0 aliphatic heterocycles. The van der Waals surface area contributed by atoms with Crippen LogP contribution in [0.2, 0.25) is 0 Å². The topological polar surface area (TPSA) is 23.5 Å². The summed E-state index contributed by atoms with van der Waals surface area (Å²) in [6.07, 6.45) is 4.73. The van der Waals surface area contributed by atoms with Crippen LogP contribution < -0.4 is 0 Å². The van der Waals surface area contributed by atoms with Crippen molar-refractivity contribution >= 4 is 0 Å². The predicted molar refractivity (Wildman–Crippen MR) is 97.8 cm³/mol. The quantitative estimate of drug-likeness (QED) is 0.671. The van der Waals surface area contributed by atoms with Crippen molar-refractivity contribution < 1.29 is 5.11 Å². The minimum absolute atomic E-state index is 0.121. The van der Waals surface area contributed by atoms with E-state index in [4.69, 9.17) is 0 Å². The van der Waals surface area contributed by atoms with E-state index in [-0.39, 0.29) is 6.04 Å². The molecule has 23 heavy (non-hydrogen) atoms. The van der Waals surface area contributed by atoms with Gasteiger partial charge >= 0.3 is 0 Å². The van der Waals surface area contributed by atoms with Gasteiger partial charge in [0.05, 0.1) is 6.04 Å². The third kappa shape index (κ3) is 4.84. The van der Waals surface area contributed by atoms with Gasteiger partial charge in [-0.3, -0.25) is 4.90 Å². The second kappa shape index (κ2) is 9.36. The predicted octanol–water partition coefficient (Wildman–Crippen LogP) is 5.38. The molecule has 0 aromatic heterocycles. The molecule has 0 saturated heterocycles. The molecule has 2 aromatic carbocycles. The zero-order valence-corrected chi connectivity index (χ0v) is 14.4. The lowest BCUT2D eigenvalue weighted by Crippen LogP contribution is -2.31. The van der Waals surface area contributed by atoms with Crippen LogP contribution in [0.25, 0.3) is 0 Å². The summed E-state index contributed by atoms with van der Waals surface area (Å²) in [7, 11) is 0. The number of hydrogen-bond donors (Lipinski definition) is 1. The molecule has 0 bridgehead atoms. The summed E-state index contributed by atoms with van der Waals surface area (Å²) in [5.74, 6) is 0.388. The van der Waals surface area contributed by atoms with Gasteiger partial charge in [0.2, 0.25) is 0 Å². The summed E-state index contributed by atoms with van der Waals surface area (Å²) in [6, 6.07) is 18.4. The molecule has 124 valence electrons. The Hall–Kier alpha value is -1.80. The summed E-state index contributed by atoms with van der Waals surface area (Å²) in [4.78, 5) is 2.53. The number of rotatable bonds is 9. The Morgan fingerprint density at radius 3 is 1.96 bits per heavy atom. The van der Waals surface area contributed by atoms with Gasteiger partial charge in [0.15, 0.2) is 0 Å². The van der Waals surface area contributed by atoms with Gasteiger partial charge in [-0.15, -0.1) is 0 Å². The Labute approximate surface area is 140 Å². The van der Waals surface area contributed by atoms with Gasteiger partial charge in [0.25, 0.3) is 0 Å². The van der Waals surface area contributed by atoms with Crippen LogP contribution in [0, 0.1) is 0 Å². The number of benzene rings is 2. The third-order valence-electron chi connectivity index (χ3n) is 4.31. The van der Waals surface area contributed by atoms with Crippen LogP contribution in [0.3, 0.4) is 0 Å². The fraction of sp³-hybridized carbons (Fsp3) is 0.429. The van der Waals surface area contributed by atoms with Gasteiger partial charge < -0.3 is 5.11 Å². The van der Waals surface area contributed by atoms with Crippen LogP contribution in [0.5, 0.6) is 5.75 Å². The number of nitrogens with zero attached hydrogens (tertiary/aromatic N) is 1. The Morgan fingerprint density at radius 2 is 1.39 bits per heavy atom. The minimum atomic E-state index is 0.121. The van der Waals surface area contributed by atoms with E-state index >= 15 is 0 Å². The van der Waals surface area contributed by atoms with Crippen LogP contribution in [0.15, 0.2) is 54.6 Å². The Kier molecular flexibility index (Phi) is 7.15. The molecule has 0 radical (unpaired) electrons. The van der Waals surface area contributed by atoms with Gasteiger partial charge in [0, 0.05) is 5.56 Å². The lowest BCUT2D eigenvalue weighted by Gasteiger charge is -2.33. The molecule has 0 heterocycles. The van der Waals surface area contributed by atoms with E-state index in [9.17, 15) is 5.11 Å². The molecule has 2 heteroatoms. The zero-order valence-electron chi connectivity index (χ0n) is 14.4. The minimum Gasteiger partial charge on any atom is -0.508 e. The van der Waals surface area contributed by atoms with Crippen LogP contribution in [0.4, 0.5) is 0 Å². The van der Waals surface area contributed by atoms with Gasteiger partial charge in [-0.2, -0.15) is 0 Å². The molecular weight excluding hydrogens is 282 g/mol. The Morgan fingerprint density at radius 1 is 0.826 bits per heavy atom. The molecule has 0 saturated carbocycles. The van der Waals surface area contributed by atoms with Crippen molar-refractivity contribution in [2.75, 3.05) is 13.1 Å². The van der Waals surface area contributed by atoms with Crippen LogP contribution >= 0.6 is 0 Å². The molecule has 0 fully saturated rings. The van der Waals surface area contributed by atoms with Crippen LogP contribution in [0.1, 0.15) is 56.7 Å². The maximum atomic E-state index is 10.4. The first-order chi connectivity index (χ1) is 11.3. The van der Waals surface area contributed by atoms with Crippen molar-refractivity contribution in [3.63, 3.8) is 0 Å². The molecule has 2 rings (SSSR count). The van der Waals surface area contributed by atoms with Crippen molar-refractivity contribution in [3.05, 3.63) is 65.7 Å². The largest absolute Gasteiger partial charge is 0.508 e. The van der Waals surface area contributed by atoms with E-state index in [0.717, 1.165) is 18.7 Å². The molecule has 2 aromatic rings. The standard InChI is InChI=1S/C21H29NO/c1-3-5-16-22(17-6-4-2)21(18-12-8-7-9-13-18)19-14-10-11-15-20(19)23/h7-15,21,23H,3-6,16-17H2,1-2H3. The van der Waals surface area contributed by atoms with E-state index in [1.807, 2.05) is 18.2 Å². The molecule has 2 nitrogen and oxygen atoms in total. The van der Waals surface area contributed by atoms with Crippen LogP contribution in [-0.4, -0.2) is 23.1 Å². The second-order valence-corrected chi connectivity index (χ2v) is 6.12. The average Bonchev–Trinajstić information content (AvgIpc) is 2.59. The number of phenolic OH excluding ortho intramolecular Hbond substituents is 1. The normalized spacial score (nSPS) is 12.5. The summed E-state index contributed by atoms with van der Waals surface area (Å²) in [6.45, 7) is 6.58. The summed E-state index contributed by atoms with van der Waals surface area (Å²) >= 11 is 0. The highest BCUT2D eigenvalue weighted by Crippen LogP contribution is 2.34. The number of hydrogen-bond acceptors (Lipinski definition) is 2. The lowest BCUT2D eigenvalue weighted by atomic mass is 9.95. The third-order valence-corrected chi connectivity index (χ3v) is 4.31. The Bertz CT molecular complexity index is 559. The molecule has 0 aliphatic rings. The first-order valence-electron chi connectivity index (χ1n) is 8.84. The molecular formula is C21H29NO. The Balaban J connectivity index is 2.40. The fourth-order valence-electron chi connectivity index (χ4n) is 3.03. The second-order valence-electron chi connectivity index (χ2n) is 6.12. The van der Waals surface area contributed by atoms with Crippen molar-refractivity contribution in [3.8, 4) is 5.75 Å². The van der Waals surface area contributed by atoms with Gasteiger partial charge in [-0.05, 0) is 37.6 Å². The van der Waals surface area contributed by atoms with Gasteiger partial charge in [-0.25, -0.2) is 0 Å². The fourth-order valence-corrected chi connectivity index (χ4v) is 3.03. The van der Waals surface area contributed by atoms with Gasteiger partial charge in [-0.1, -0.05) is 75.2 Å². The number of para-hydroxylation sites is 1. The number of aromatic hydroxyl groups is 1. The molecule has 0 spiro atoms. The first-order valence-corrected chi connectivity index (χ1v) is 8.84. The smallest absolute Gasteiger partial charge is 0.120 e. The van der Waals surface area contributed by atoms with E-state index in [0.29, 0.717) is 5.75 Å². The van der Waals surface area contributed by atoms with Crippen molar-refractivity contribution in [2.24, 2.45) is 0 Å². The van der Waals surface area contributed by atoms with E-state index < -0.39 is 0 Å². The van der Waals surface area contributed by atoms with E-state index in [1.54, 1.807) is 6.07 Å².